The molecule has 0 saturated carbocycles. The molecular formula is C18H12O. The van der Waals surface area contributed by atoms with Crippen molar-refractivity contribution in [3.8, 4) is 11.1 Å². The second-order valence-electron chi connectivity index (χ2n) is 4.71. The highest BCUT2D eigenvalue weighted by atomic mass is 16.3. The van der Waals surface area contributed by atoms with Gasteiger partial charge in [-0.1, -0.05) is 54.6 Å². The monoisotopic (exact) mass is 244 g/mol. The van der Waals surface area contributed by atoms with Crippen molar-refractivity contribution in [1.29, 1.82) is 0 Å². The third-order valence-electron chi connectivity index (χ3n) is 3.53. The molecule has 0 saturated heterocycles. The Labute approximate surface area is 111 Å². The van der Waals surface area contributed by atoms with Crippen molar-refractivity contribution < 1.29 is 4.42 Å². The van der Waals surface area contributed by atoms with Crippen LogP contribution >= 0.6 is 0 Å². The highest BCUT2D eigenvalue weighted by Gasteiger charge is 2.08. The minimum Gasteiger partial charge on any atom is -0.464 e. The molecule has 1 aromatic heterocycles. The van der Waals surface area contributed by atoms with Crippen molar-refractivity contribution in [2.75, 3.05) is 0 Å². The van der Waals surface area contributed by atoms with Gasteiger partial charge in [-0.25, -0.2) is 0 Å². The van der Waals surface area contributed by atoms with Gasteiger partial charge in [-0.3, -0.25) is 0 Å². The molecule has 19 heavy (non-hydrogen) atoms. The highest BCUT2D eigenvalue weighted by molar-refractivity contribution is 6.02. The van der Waals surface area contributed by atoms with Gasteiger partial charge < -0.3 is 4.42 Å². The molecule has 0 bridgehead atoms. The Kier molecular flexibility index (Phi) is 2.18. The van der Waals surface area contributed by atoms with Gasteiger partial charge >= 0.3 is 0 Å². The Hall–Kier alpha value is -2.54. The van der Waals surface area contributed by atoms with E-state index in [1.54, 1.807) is 0 Å². The maximum Gasteiger partial charge on any atom is 0.135 e. The molecule has 0 N–H and O–H groups in total. The zero-order valence-electron chi connectivity index (χ0n) is 10.3. The smallest absolute Gasteiger partial charge is 0.135 e. The summed E-state index contributed by atoms with van der Waals surface area (Å²) in [5.41, 5.74) is 3.29. The molecule has 90 valence electrons. The first-order chi connectivity index (χ1) is 9.42. The molecule has 1 heterocycles. The largest absolute Gasteiger partial charge is 0.464 e. The van der Waals surface area contributed by atoms with Gasteiger partial charge in [-0.15, -0.1) is 0 Å². The lowest BCUT2D eigenvalue weighted by Gasteiger charge is -2.00. The Morgan fingerprint density at radius 3 is 2.16 bits per heavy atom. The molecule has 0 aliphatic carbocycles. The first kappa shape index (κ1) is 10.4. The fourth-order valence-electron chi connectivity index (χ4n) is 2.55. The molecule has 1 nitrogen and oxygen atoms in total. The zero-order chi connectivity index (χ0) is 12.7. The summed E-state index contributed by atoms with van der Waals surface area (Å²) >= 11 is 0. The van der Waals surface area contributed by atoms with E-state index < -0.39 is 0 Å². The van der Waals surface area contributed by atoms with E-state index in [2.05, 4.69) is 60.7 Å². The van der Waals surface area contributed by atoms with Crippen molar-refractivity contribution in [2.45, 2.75) is 0 Å². The van der Waals surface area contributed by atoms with Crippen LogP contribution < -0.4 is 0 Å². The first-order valence-corrected chi connectivity index (χ1v) is 6.37. The summed E-state index contributed by atoms with van der Waals surface area (Å²) in [6.45, 7) is 0. The SMILES string of the molecule is c1ccc(-c2coc3cc4ccccc4cc23)cc1. The molecule has 3 aromatic carbocycles. The van der Waals surface area contributed by atoms with E-state index in [0.29, 0.717) is 0 Å². The molecule has 0 radical (unpaired) electrons. The number of benzene rings is 3. The average molecular weight is 244 g/mol. The number of fused-ring (bicyclic) bond motifs is 2. The van der Waals surface area contributed by atoms with E-state index in [4.69, 9.17) is 4.42 Å². The summed E-state index contributed by atoms with van der Waals surface area (Å²) in [5, 5.41) is 3.63. The standard InChI is InChI=1S/C18H12O/c1-2-6-13(7-3-1)17-12-19-18-11-15-9-5-4-8-14(15)10-16(17)18/h1-12H. The van der Waals surface area contributed by atoms with Crippen LogP contribution in [0.1, 0.15) is 0 Å². The molecule has 1 heteroatoms. The summed E-state index contributed by atoms with van der Waals surface area (Å²) in [6.07, 6.45) is 1.85. The fourth-order valence-corrected chi connectivity index (χ4v) is 2.55. The molecule has 0 unspecified atom stereocenters. The predicted molar refractivity (Wildman–Crippen MR) is 79.2 cm³/mol. The van der Waals surface area contributed by atoms with E-state index in [0.717, 1.165) is 11.1 Å². The molecule has 4 aromatic rings. The van der Waals surface area contributed by atoms with Crippen molar-refractivity contribution in [2.24, 2.45) is 0 Å². The first-order valence-electron chi connectivity index (χ1n) is 6.37. The van der Waals surface area contributed by atoms with E-state index in [9.17, 15) is 0 Å². The lowest BCUT2D eigenvalue weighted by atomic mass is 10.0. The Morgan fingerprint density at radius 2 is 1.37 bits per heavy atom. The lowest BCUT2D eigenvalue weighted by Crippen LogP contribution is -1.76. The van der Waals surface area contributed by atoms with Gasteiger partial charge in [-0.2, -0.15) is 0 Å². The molecule has 0 atom stereocenters. The summed E-state index contributed by atoms with van der Waals surface area (Å²) < 4.78 is 5.71. The van der Waals surface area contributed by atoms with Crippen LogP contribution in [-0.2, 0) is 0 Å². The summed E-state index contributed by atoms with van der Waals surface area (Å²) in [5.74, 6) is 0. The van der Waals surface area contributed by atoms with Crippen LogP contribution in [0.4, 0.5) is 0 Å². The lowest BCUT2D eigenvalue weighted by molar-refractivity contribution is 0.617. The maximum atomic E-state index is 5.71. The fraction of sp³-hybridized carbons (Fsp3) is 0. The minimum atomic E-state index is 0.942. The Bertz CT molecular complexity index is 857. The van der Waals surface area contributed by atoms with Crippen LogP contribution in [0, 0.1) is 0 Å². The normalized spacial score (nSPS) is 11.2. The minimum absolute atomic E-state index is 0.942. The number of rotatable bonds is 1. The molecule has 0 fully saturated rings. The molecule has 0 aliphatic rings. The molecule has 4 rings (SSSR count). The van der Waals surface area contributed by atoms with Gasteiger partial charge in [-0.05, 0) is 28.5 Å². The molecule has 0 amide bonds. The van der Waals surface area contributed by atoms with Crippen LogP contribution in [0.2, 0.25) is 0 Å². The van der Waals surface area contributed by atoms with Crippen molar-refractivity contribution in [1.82, 2.24) is 0 Å². The summed E-state index contributed by atoms with van der Waals surface area (Å²) in [4.78, 5) is 0. The van der Waals surface area contributed by atoms with Crippen LogP contribution in [0.15, 0.2) is 77.4 Å². The third kappa shape index (κ3) is 1.63. The van der Waals surface area contributed by atoms with Gasteiger partial charge in [0, 0.05) is 10.9 Å². The molecular weight excluding hydrogens is 232 g/mol. The second kappa shape index (κ2) is 3.99. The van der Waals surface area contributed by atoms with E-state index in [1.165, 1.54) is 21.7 Å². The van der Waals surface area contributed by atoms with Crippen molar-refractivity contribution in [3.05, 3.63) is 73.0 Å². The Balaban J connectivity index is 2.05. The quantitative estimate of drug-likeness (QED) is 0.445. The van der Waals surface area contributed by atoms with Gasteiger partial charge in [0.15, 0.2) is 0 Å². The maximum absolute atomic E-state index is 5.71. The topological polar surface area (TPSA) is 13.1 Å². The van der Waals surface area contributed by atoms with E-state index in [-0.39, 0.29) is 0 Å². The summed E-state index contributed by atoms with van der Waals surface area (Å²) in [6, 6.07) is 23.0. The van der Waals surface area contributed by atoms with Gasteiger partial charge in [0.25, 0.3) is 0 Å². The van der Waals surface area contributed by atoms with E-state index >= 15 is 0 Å². The van der Waals surface area contributed by atoms with Crippen molar-refractivity contribution in [3.63, 3.8) is 0 Å². The van der Waals surface area contributed by atoms with Crippen molar-refractivity contribution >= 4 is 21.7 Å². The van der Waals surface area contributed by atoms with Crippen LogP contribution in [0.3, 0.4) is 0 Å². The molecule has 0 aliphatic heterocycles. The Morgan fingerprint density at radius 1 is 0.684 bits per heavy atom. The summed E-state index contributed by atoms with van der Waals surface area (Å²) in [7, 11) is 0. The average Bonchev–Trinajstić information content (AvgIpc) is 2.88. The van der Waals surface area contributed by atoms with Crippen LogP contribution in [0.25, 0.3) is 32.9 Å². The van der Waals surface area contributed by atoms with Crippen LogP contribution in [0.5, 0.6) is 0 Å². The van der Waals surface area contributed by atoms with Crippen LogP contribution in [-0.4, -0.2) is 0 Å². The zero-order valence-corrected chi connectivity index (χ0v) is 10.3. The highest BCUT2D eigenvalue weighted by Crippen LogP contribution is 2.33. The third-order valence-corrected chi connectivity index (χ3v) is 3.53. The number of hydrogen-bond donors (Lipinski definition) is 0. The van der Waals surface area contributed by atoms with Gasteiger partial charge in [0.1, 0.15) is 5.58 Å². The predicted octanol–water partition coefficient (Wildman–Crippen LogP) is 5.25. The number of furan rings is 1. The number of hydrogen-bond acceptors (Lipinski definition) is 1. The van der Waals surface area contributed by atoms with Gasteiger partial charge in [0.05, 0.1) is 6.26 Å². The van der Waals surface area contributed by atoms with E-state index in [1.807, 2.05) is 12.3 Å². The van der Waals surface area contributed by atoms with Gasteiger partial charge in [0.2, 0.25) is 0 Å². The molecule has 0 spiro atoms. The second-order valence-corrected chi connectivity index (χ2v) is 4.71.